The third-order valence-electron chi connectivity index (χ3n) is 6.20. The molecule has 1 aliphatic rings. The van der Waals surface area contributed by atoms with Crippen LogP contribution in [0.1, 0.15) is 12.0 Å². The van der Waals surface area contributed by atoms with E-state index in [1.54, 1.807) is 27.5 Å². The van der Waals surface area contributed by atoms with Gasteiger partial charge in [0.1, 0.15) is 0 Å². The highest BCUT2D eigenvalue weighted by Crippen LogP contribution is 2.41. The molecule has 1 atom stereocenters. The number of ether oxygens (including phenoxy) is 3. The van der Waals surface area contributed by atoms with Gasteiger partial charge in [0.25, 0.3) is 0 Å². The molecule has 0 bridgehead atoms. The van der Waals surface area contributed by atoms with Gasteiger partial charge in [0.15, 0.2) is 23.0 Å². The fourth-order valence-electron chi connectivity index (χ4n) is 4.53. The lowest BCUT2D eigenvalue weighted by Crippen LogP contribution is -2.26. The first-order valence-corrected chi connectivity index (χ1v) is 11.4. The minimum absolute atomic E-state index is 0.298. The van der Waals surface area contributed by atoms with Crippen molar-refractivity contribution in [2.24, 2.45) is 0 Å². The van der Waals surface area contributed by atoms with Crippen molar-refractivity contribution in [2.75, 3.05) is 39.7 Å². The molecule has 0 spiro atoms. The van der Waals surface area contributed by atoms with Gasteiger partial charge in [-0.1, -0.05) is 30.3 Å². The Morgan fingerprint density at radius 1 is 1.03 bits per heavy atom. The van der Waals surface area contributed by atoms with E-state index in [1.165, 1.54) is 5.56 Å². The van der Waals surface area contributed by atoms with Crippen molar-refractivity contribution in [1.82, 2.24) is 19.3 Å². The Labute approximate surface area is 199 Å². The molecule has 2 aromatic carbocycles. The average Bonchev–Trinajstić information content (AvgIpc) is 3.53. The standard InChI is InChI=1S/C26H29N5O3/c1-32-22-13-19(14-23(33-2)24(22)34-3)21-17-31-12-10-27-26(31)25(29-21)28-20-9-11-30(16-20)15-18-7-5-4-6-8-18/h4-8,10,12-14,17,20H,9,11,15-16H2,1-3H3,(H,28,29)/t20-/m0/s1. The first kappa shape index (κ1) is 22.0. The van der Waals surface area contributed by atoms with E-state index in [2.05, 4.69) is 45.5 Å². The molecule has 0 amide bonds. The summed E-state index contributed by atoms with van der Waals surface area (Å²) in [6, 6.07) is 14.7. The number of methoxy groups -OCH3 is 3. The number of benzene rings is 2. The third-order valence-corrected chi connectivity index (χ3v) is 6.20. The summed E-state index contributed by atoms with van der Waals surface area (Å²) in [6.45, 7) is 2.96. The molecule has 0 unspecified atom stereocenters. The quantitative estimate of drug-likeness (QED) is 0.425. The maximum atomic E-state index is 5.54. The van der Waals surface area contributed by atoms with E-state index in [0.29, 0.717) is 23.3 Å². The molecule has 4 aromatic rings. The predicted molar refractivity (Wildman–Crippen MR) is 132 cm³/mol. The highest BCUT2D eigenvalue weighted by Gasteiger charge is 2.24. The van der Waals surface area contributed by atoms with Crippen LogP contribution in [0.3, 0.4) is 0 Å². The van der Waals surface area contributed by atoms with Crippen molar-refractivity contribution in [1.29, 1.82) is 0 Å². The van der Waals surface area contributed by atoms with E-state index in [1.807, 2.05) is 28.9 Å². The molecule has 3 heterocycles. The normalized spacial score (nSPS) is 16.0. The molecule has 5 rings (SSSR count). The number of nitrogens with zero attached hydrogens (tertiary/aromatic N) is 4. The van der Waals surface area contributed by atoms with Gasteiger partial charge in [0.05, 0.1) is 27.0 Å². The van der Waals surface area contributed by atoms with Crippen LogP contribution in [-0.4, -0.2) is 59.7 Å². The molecule has 0 aliphatic carbocycles. The molecule has 8 heteroatoms. The van der Waals surface area contributed by atoms with Gasteiger partial charge in [-0.2, -0.15) is 0 Å². The lowest BCUT2D eigenvalue weighted by Gasteiger charge is -2.18. The number of nitrogens with one attached hydrogen (secondary N) is 1. The zero-order chi connectivity index (χ0) is 23.5. The molecule has 1 N–H and O–H groups in total. The molecule has 0 saturated carbocycles. The van der Waals surface area contributed by atoms with Gasteiger partial charge in [-0.25, -0.2) is 9.97 Å². The topological polar surface area (TPSA) is 73.2 Å². The van der Waals surface area contributed by atoms with Gasteiger partial charge in [-0.15, -0.1) is 0 Å². The van der Waals surface area contributed by atoms with E-state index in [-0.39, 0.29) is 0 Å². The van der Waals surface area contributed by atoms with Crippen molar-refractivity contribution in [3.05, 3.63) is 66.6 Å². The second kappa shape index (κ2) is 9.61. The van der Waals surface area contributed by atoms with E-state index < -0.39 is 0 Å². The molecule has 1 saturated heterocycles. The number of aromatic nitrogens is 3. The summed E-state index contributed by atoms with van der Waals surface area (Å²) in [6.07, 6.45) is 6.73. The largest absolute Gasteiger partial charge is 0.493 e. The zero-order valence-electron chi connectivity index (χ0n) is 19.7. The van der Waals surface area contributed by atoms with Gasteiger partial charge >= 0.3 is 0 Å². The maximum absolute atomic E-state index is 5.54. The van der Waals surface area contributed by atoms with Gasteiger partial charge in [0, 0.05) is 49.8 Å². The maximum Gasteiger partial charge on any atom is 0.203 e. The van der Waals surface area contributed by atoms with Crippen LogP contribution in [-0.2, 0) is 6.54 Å². The van der Waals surface area contributed by atoms with Crippen LogP contribution < -0.4 is 19.5 Å². The Hall–Kier alpha value is -3.78. The Morgan fingerprint density at radius 3 is 2.50 bits per heavy atom. The molecule has 0 radical (unpaired) electrons. The van der Waals surface area contributed by atoms with E-state index >= 15 is 0 Å². The monoisotopic (exact) mass is 459 g/mol. The lowest BCUT2D eigenvalue weighted by atomic mass is 10.1. The summed E-state index contributed by atoms with van der Waals surface area (Å²) in [5.41, 5.74) is 3.79. The van der Waals surface area contributed by atoms with Crippen LogP contribution in [0.15, 0.2) is 61.1 Å². The van der Waals surface area contributed by atoms with Crippen LogP contribution in [0.25, 0.3) is 16.9 Å². The summed E-state index contributed by atoms with van der Waals surface area (Å²) in [5.74, 6) is 2.50. The summed E-state index contributed by atoms with van der Waals surface area (Å²) in [4.78, 5) is 12.0. The van der Waals surface area contributed by atoms with Crippen molar-refractivity contribution >= 4 is 11.5 Å². The molecular weight excluding hydrogens is 430 g/mol. The van der Waals surface area contributed by atoms with Gasteiger partial charge < -0.3 is 23.9 Å². The fourth-order valence-corrected chi connectivity index (χ4v) is 4.53. The lowest BCUT2D eigenvalue weighted by molar-refractivity contribution is 0.324. The molecule has 1 fully saturated rings. The zero-order valence-corrected chi connectivity index (χ0v) is 19.7. The highest BCUT2D eigenvalue weighted by molar-refractivity contribution is 5.73. The number of rotatable bonds is 8. The first-order chi connectivity index (χ1) is 16.7. The van der Waals surface area contributed by atoms with Crippen molar-refractivity contribution in [3.8, 4) is 28.5 Å². The highest BCUT2D eigenvalue weighted by atomic mass is 16.5. The Balaban J connectivity index is 1.42. The number of likely N-dealkylation sites (tertiary alicyclic amines) is 1. The van der Waals surface area contributed by atoms with Crippen molar-refractivity contribution < 1.29 is 14.2 Å². The summed E-state index contributed by atoms with van der Waals surface area (Å²) in [5, 5.41) is 3.65. The fraction of sp³-hybridized carbons (Fsp3) is 0.308. The van der Waals surface area contributed by atoms with Crippen molar-refractivity contribution in [3.63, 3.8) is 0 Å². The minimum atomic E-state index is 0.298. The number of anilines is 1. The van der Waals surface area contributed by atoms with Crippen molar-refractivity contribution in [2.45, 2.75) is 19.0 Å². The SMILES string of the molecule is COc1cc(-c2cn3ccnc3c(N[C@H]3CCN(Cc4ccccc4)C3)n2)cc(OC)c1OC. The first-order valence-electron chi connectivity index (χ1n) is 11.4. The van der Waals surface area contributed by atoms with Crippen LogP contribution in [0.4, 0.5) is 5.82 Å². The van der Waals surface area contributed by atoms with Gasteiger partial charge in [0.2, 0.25) is 5.75 Å². The second-order valence-corrected chi connectivity index (χ2v) is 8.40. The van der Waals surface area contributed by atoms with E-state index in [9.17, 15) is 0 Å². The Morgan fingerprint density at radius 2 is 1.79 bits per heavy atom. The van der Waals surface area contributed by atoms with E-state index in [0.717, 1.165) is 48.8 Å². The molecule has 1 aliphatic heterocycles. The van der Waals surface area contributed by atoms with Crippen LogP contribution in [0.2, 0.25) is 0 Å². The van der Waals surface area contributed by atoms with Gasteiger partial charge in [-0.3, -0.25) is 4.90 Å². The molecule has 2 aromatic heterocycles. The number of fused-ring (bicyclic) bond motifs is 1. The van der Waals surface area contributed by atoms with Gasteiger partial charge in [-0.05, 0) is 24.1 Å². The second-order valence-electron chi connectivity index (χ2n) is 8.40. The molecular formula is C26H29N5O3. The predicted octanol–water partition coefficient (Wildman–Crippen LogP) is 4.11. The third kappa shape index (κ3) is 4.36. The Bertz CT molecular complexity index is 1250. The summed E-state index contributed by atoms with van der Waals surface area (Å²) < 4.78 is 18.5. The van der Waals surface area contributed by atoms with E-state index in [4.69, 9.17) is 19.2 Å². The van der Waals surface area contributed by atoms with Crippen LogP contribution in [0, 0.1) is 0 Å². The molecule has 34 heavy (non-hydrogen) atoms. The molecule has 8 nitrogen and oxygen atoms in total. The Kier molecular flexibility index (Phi) is 6.22. The number of hydrogen-bond acceptors (Lipinski definition) is 7. The number of hydrogen-bond donors (Lipinski definition) is 1. The average molecular weight is 460 g/mol. The minimum Gasteiger partial charge on any atom is -0.493 e. The smallest absolute Gasteiger partial charge is 0.203 e. The summed E-state index contributed by atoms with van der Waals surface area (Å²) >= 11 is 0. The van der Waals surface area contributed by atoms with Crippen LogP contribution >= 0.6 is 0 Å². The molecule has 176 valence electrons. The van der Waals surface area contributed by atoms with Crippen LogP contribution in [0.5, 0.6) is 17.2 Å². The number of imidazole rings is 1. The summed E-state index contributed by atoms with van der Waals surface area (Å²) in [7, 11) is 4.82.